The number of rotatable bonds is 5. The quantitative estimate of drug-likeness (QED) is 0.869. The minimum Gasteiger partial charge on any atom is -0.481 e. The van der Waals surface area contributed by atoms with Gasteiger partial charge in [0.15, 0.2) is 0 Å². The SMILES string of the molecule is CC(C)(C(=O)O)c1ccc(NC(=O)C(C)(C)c2cccs2)cc1. The molecule has 0 aliphatic rings. The van der Waals surface area contributed by atoms with Crippen molar-refractivity contribution >= 4 is 28.9 Å². The molecule has 5 heteroatoms. The number of benzene rings is 1. The normalized spacial score (nSPS) is 12.0. The number of aliphatic carboxylic acids is 1. The molecule has 0 unspecified atom stereocenters. The Morgan fingerprint density at radius 3 is 2.09 bits per heavy atom. The van der Waals surface area contributed by atoms with E-state index in [1.54, 1.807) is 49.4 Å². The van der Waals surface area contributed by atoms with E-state index in [0.717, 1.165) is 4.88 Å². The molecule has 2 N–H and O–H groups in total. The molecule has 0 spiro atoms. The molecule has 1 aromatic heterocycles. The zero-order valence-electron chi connectivity index (χ0n) is 13.7. The number of carboxylic acids is 1. The molecule has 1 amide bonds. The number of carboxylic acid groups (broad SMARTS) is 1. The van der Waals surface area contributed by atoms with Crippen molar-refractivity contribution in [1.29, 1.82) is 0 Å². The number of nitrogens with one attached hydrogen (secondary N) is 1. The largest absolute Gasteiger partial charge is 0.481 e. The number of thiophene rings is 1. The molecule has 2 rings (SSSR count). The molecule has 0 aliphatic carbocycles. The lowest BCUT2D eigenvalue weighted by Crippen LogP contribution is -2.34. The van der Waals surface area contributed by atoms with Crippen LogP contribution in [0, 0.1) is 0 Å². The number of carbonyl (C=O) groups is 2. The van der Waals surface area contributed by atoms with Gasteiger partial charge in [0.1, 0.15) is 0 Å². The molecule has 0 bridgehead atoms. The Balaban J connectivity index is 2.15. The van der Waals surface area contributed by atoms with E-state index in [0.29, 0.717) is 11.3 Å². The smallest absolute Gasteiger partial charge is 0.313 e. The molecule has 1 heterocycles. The topological polar surface area (TPSA) is 66.4 Å². The Bertz CT molecular complexity index is 700. The lowest BCUT2D eigenvalue weighted by atomic mass is 9.85. The molecule has 122 valence electrons. The Labute approximate surface area is 140 Å². The summed E-state index contributed by atoms with van der Waals surface area (Å²) in [6.07, 6.45) is 0. The minimum absolute atomic E-state index is 0.0924. The van der Waals surface area contributed by atoms with Crippen molar-refractivity contribution in [3.8, 4) is 0 Å². The van der Waals surface area contributed by atoms with Gasteiger partial charge in [-0.1, -0.05) is 18.2 Å². The highest BCUT2D eigenvalue weighted by atomic mass is 32.1. The maximum Gasteiger partial charge on any atom is 0.313 e. The molecule has 0 saturated heterocycles. The summed E-state index contributed by atoms with van der Waals surface area (Å²) in [6.45, 7) is 7.08. The molecule has 0 fully saturated rings. The third-order valence-corrected chi connectivity index (χ3v) is 5.30. The zero-order valence-corrected chi connectivity index (χ0v) is 14.5. The van der Waals surface area contributed by atoms with Crippen molar-refractivity contribution < 1.29 is 14.7 Å². The van der Waals surface area contributed by atoms with Crippen LogP contribution in [-0.2, 0) is 20.4 Å². The molecule has 0 aliphatic heterocycles. The van der Waals surface area contributed by atoms with Crippen LogP contribution in [0.3, 0.4) is 0 Å². The van der Waals surface area contributed by atoms with E-state index in [1.165, 1.54) is 0 Å². The van der Waals surface area contributed by atoms with Gasteiger partial charge in [0.2, 0.25) is 5.91 Å². The van der Waals surface area contributed by atoms with Crippen molar-refractivity contribution in [3.05, 3.63) is 52.2 Å². The predicted octanol–water partition coefficient (Wildman–Crippen LogP) is 4.03. The molecule has 1 aromatic carbocycles. The fourth-order valence-electron chi connectivity index (χ4n) is 2.13. The Kier molecular flexibility index (Phi) is 4.61. The van der Waals surface area contributed by atoms with Gasteiger partial charge in [-0.3, -0.25) is 9.59 Å². The van der Waals surface area contributed by atoms with Crippen LogP contribution in [0.25, 0.3) is 0 Å². The maximum absolute atomic E-state index is 12.5. The van der Waals surface area contributed by atoms with Crippen LogP contribution in [0.4, 0.5) is 5.69 Å². The van der Waals surface area contributed by atoms with E-state index >= 15 is 0 Å². The Hall–Kier alpha value is -2.14. The third kappa shape index (κ3) is 3.45. The van der Waals surface area contributed by atoms with Crippen molar-refractivity contribution in [2.24, 2.45) is 0 Å². The highest BCUT2D eigenvalue weighted by molar-refractivity contribution is 7.10. The van der Waals surface area contributed by atoms with Gasteiger partial charge in [0, 0.05) is 10.6 Å². The first kappa shape index (κ1) is 17.2. The van der Waals surface area contributed by atoms with Crippen LogP contribution in [0.15, 0.2) is 41.8 Å². The van der Waals surface area contributed by atoms with Gasteiger partial charge in [0.05, 0.1) is 10.8 Å². The highest BCUT2D eigenvalue weighted by Crippen LogP contribution is 2.30. The van der Waals surface area contributed by atoms with Crippen LogP contribution in [-0.4, -0.2) is 17.0 Å². The van der Waals surface area contributed by atoms with E-state index in [2.05, 4.69) is 5.32 Å². The van der Waals surface area contributed by atoms with Crippen LogP contribution in [0.5, 0.6) is 0 Å². The maximum atomic E-state index is 12.5. The van der Waals surface area contributed by atoms with Gasteiger partial charge in [-0.25, -0.2) is 0 Å². The predicted molar refractivity (Wildman–Crippen MR) is 93.1 cm³/mol. The van der Waals surface area contributed by atoms with Crippen LogP contribution in [0.1, 0.15) is 38.1 Å². The monoisotopic (exact) mass is 331 g/mol. The summed E-state index contributed by atoms with van der Waals surface area (Å²) in [6, 6.07) is 10.8. The summed E-state index contributed by atoms with van der Waals surface area (Å²) in [5, 5.41) is 14.1. The van der Waals surface area contributed by atoms with E-state index in [9.17, 15) is 14.7 Å². The average molecular weight is 331 g/mol. The Morgan fingerprint density at radius 2 is 1.61 bits per heavy atom. The van der Waals surface area contributed by atoms with Crippen molar-refractivity contribution in [2.75, 3.05) is 5.32 Å². The second-order valence-corrected chi connectivity index (χ2v) is 7.51. The fourth-order valence-corrected chi connectivity index (χ4v) is 2.98. The number of hydrogen-bond acceptors (Lipinski definition) is 3. The average Bonchev–Trinajstić information content (AvgIpc) is 3.02. The van der Waals surface area contributed by atoms with Gasteiger partial charge in [0.25, 0.3) is 0 Å². The molecular weight excluding hydrogens is 310 g/mol. The summed E-state index contributed by atoms with van der Waals surface area (Å²) in [5.74, 6) is -0.974. The summed E-state index contributed by atoms with van der Waals surface area (Å²) >= 11 is 1.55. The van der Waals surface area contributed by atoms with E-state index in [-0.39, 0.29) is 5.91 Å². The summed E-state index contributed by atoms with van der Waals surface area (Å²) in [4.78, 5) is 24.8. The molecular formula is C18H21NO3S. The molecule has 23 heavy (non-hydrogen) atoms. The fraction of sp³-hybridized carbons (Fsp3) is 0.333. The van der Waals surface area contributed by atoms with Crippen molar-refractivity contribution in [3.63, 3.8) is 0 Å². The van der Waals surface area contributed by atoms with Crippen molar-refractivity contribution in [2.45, 2.75) is 38.5 Å². The van der Waals surface area contributed by atoms with Gasteiger partial charge in [-0.15, -0.1) is 11.3 Å². The Morgan fingerprint density at radius 1 is 1.00 bits per heavy atom. The van der Waals surface area contributed by atoms with E-state index < -0.39 is 16.8 Å². The number of amides is 1. The van der Waals surface area contributed by atoms with Crippen LogP contribution >= 0.6 is 11.3 Å². The lowest BCUT2D eigenvalue weighted by molar-refractivity contribution is -0.142. The lowest BCUT2D eigenvalue weighted by Gasteiger charge is -2.23. The molecule has 4 nitrogen and oxygen atoms in total. The second kappa shape index (κ2) is 6.16. The molecule has 0 saturated carbocycles. The minimum atomic E-state index is -0.960. The first-order valence-corrected chi connectivity index (χ1v) is 8.23. The summed E-state index contributed by atoms with van der Waals surface area (Å²) in [7, 11) is 0. The van der Waals surface area contributed by atoms with Crippen LogP contribution in [0.2, 0.25) is 0 Å². The van der Waals surface area contributed by atoms with E-state index in [4.69, 9.17) is 0 Å². The van der Waals surface area contributed by atoms with Crippen molar-refractivity contribution in [1.82, 2.24) is 0 Å². The number of anilines is 1. The van der Waals surface area contributed by atoms with Crippen LogP contribution < -0.4 is 5.32 Å². The van der Waals surface area contributed by atoms with Gasteiger partial charge in [-0.05, 0) is 56.8 Å². The molecule has 0 radical (unpaired) electrons. The number of carbonyl (C=O) groups excluding carboxylic acids is 1. The highest BCUT2D eigenvalue weighted by Gasteiger charge is 2.31. The van der Waals surface area contributed by atoms with Gasteiger partial charge in [-0.2, -0.15) is 0 Å². The van der Waals surface area contributed by atoms with Gasteiger partial charge < -0.3 is 10.4 Å². The first-order valence-electron chi connectivity index (χ1n) is 7.35. The zero-order chi connectivity index (χ0) is 17.3. The third-order valence-electron chi connectivity index (χ3n) is 4.10. The first-order chi connectivity index (χ1) is 10.7. The standard InChI is InChI=1S/C18H21NO3S/c1-17(2,16(21)22)12-7-9-13(10-8-12)19-15(20)18(3,4)14-6-5-11-23-14/h5-11H,1-4H3,(H,19,20)(H,21,22). The second-order valence-electron chi connectivity index (χ2n) is 6.56. The van der Waals surface area contributed by atoms with Gasteiger partial charge >= 0.3 is 5.97 Å². The summed E-state index contributed by atoms with van der Waals surface area (Å²) < 4.78 is 0. The summed E-state index contributed by atoms with van der Waals surface area (Å²) in [5.41, 5.74) is -0.225. The molecule has 2 aromatic rings. The van der Waals surface area contributed by atoms with E-state index in [1.807, 2.05) is 31.4 Å². The number of hydrogen-bond donors (Lipinski definition) is 2. The molecule has 0 atom stereocenters.